The van der Waals surface area contributed by atoms with Gasteiger partial charge >= 0.3 is 12.1 Å². The van der Waals surface area contributed by atoms with Crippen LogP contribution < -0.4 is 11.1 Å². The highest BCUT2D eigenvalue weighted by Crippen LogP contribution is 2.34. The molecule has 7 heteroatoms. The Balaban J connectivity index is 2.71. The van der Waals surface area contributed by atoms with Crippen molar-refractivity contribution in [3.63, 3.8) is 0 Å². The molecule has 18 heavy (non-hydrogen) atoms. The van der Waals surface area contributed by atoms with Crippen molar-refractivity contribution < 1.29 is 23.1 Å². The van der Waals surface area contributed by atoms with Crippen molar-refractivity contribution in [2.24, 2.45) is 5.73 Å². The number of carboxylic acids is 1. The number of nitrogens with two attached hydrogens (primary N) is 1. The number of alkyl halides is 3. The summed E-state index contributed by atoms with van der Waals surface area (Å²) in [5, 5.41) is 11.0. The van der Waals surface area contributed by atoms with Gasteiger partial charge in [0.1, 0.15) is 0 Å². The number of carbonyl (C=O) groups is 1. The summed E-state index contributed by atoms with van der Waals surface area (Å²) in [6.07, 6.45) is -4.76. The van der Waals surface area contributed by atoms with Crippen molar-refractivity contribution in [1.29, 1.82) is 0 Å². The second-order valence-corrected chi connectivity index (χ2v) is 3.78. The monoisotopic (exact) mass is 262 g/mol. The van der Waals surface area contributed by atoms with E-state index in [0.717, 1.165) is 6.07 Å². The molecule has 0 spiro atoms. The number of halogens is 3. The lowest BCUT2D eigenvalue weighted by atomic mass is 10.1. The van der Waals surface area contributed by atoms with Crippen LogP contribution in [0.1, 0.15) is 12.0 Å². The van der Waals surface area contributed by atoms with Crippen LogP contribution in [0.3, 0.4) is 0 Å². The topological polar surface area (TPSA) is 75.3 Å². The van der Waals surface area contributed by atoms with Crippen LogP contribution in [0.2, 0.25) is 0 Å². The Morgan fingerprint density at radius 1 is 1.39 bits per heavy atom. The highest BCUT2D eigenvalue weighted by atomic mass is 19.4. The molecule has 0 aliphatic carbocycles. The van der Waals surface area contributed by atoms with E-state index in [9.17, 15) is 18.0 Å². The lowest BCUT2D eigenvalue weighted by Crippen LogP contribution is -2.32. The minimum atomic E-state index is -4.46. The van der Waals surface area contributed by atoms with Crippen LogP contribution in [0.25, 0.3) is 0 Å². The summed E-state index contributed by atoms with van der Waals surface area (Å²) in [5.74, 6) is -1.09. The van der Waals surface area contributed by atoms with Gasteiger partial charge in [-0.05, 0) is 12.1 Å². The zero-order valence-electron chi connectivity index (χ0n) is 9.37. The lowest BCUT2D eigenvalue weighted by Gasteiger charge is -2.16. The molecule has 4 N–H and O–H groups in total. The van der Waals surface area contributed by atoms with E-state index in [1.165, 1.54) is 18.2 Å². The third-order valence-corrected chi connectivity index (χ3v) is 2.22. The van der Waals surface area contributed by atoms with Gasteiger partial charge in [-0.1, -0.05) is 12.1 Å². The number of para-hydroxylation sites is 1. The fourth-order valence-corrected chi connectivity index (χ4v) is 1.42. The van der Waals surface area contributed by atoms with Crippen LogP contribution in [-0.2, 0) is 11.0 Å². The Hall–Kier alpha value is -1.76. The molecule has 1 aromatic rings. The van der Waals surface area contributed by atoms with Gasteiger partial charge in [-0.15, -0.1) is 0 Å². The Kier molecular flexibility index (Phi) is 4.55. The molecular formula is C11H13F3N2O2. The number of benzene rings is 1. The normalized spacial score (nSPS) is 13.1. The number of aliphatic carboxylic acids is 1. The maximum atomic E-state index is 12.6. The Labute approximate surface area is 102 Å². The van der Waals surface area contributed by atoms with Crippen molar-refractivity contribution in [2.75, 3.05) is 11.9 Å². The van der Waals surface area contributed by atoms with Crippen LogP contribution in [0.4, 0.5) is 18.9 Å². The highest BCUT2D eigenvalue weighted by molar-refractivity contribution is 5.67. The maximum Gasteiger partial charge on any atom is 0.418 e. The van der Waals surface area contributed by atoms with E-state index in [4.69, 9.17) is 10.8 Å². The van der Waals surface area contributed by atoms with E-state index in [1.54, 1.807) is 0 Å². The number of carboxylic acid groups (broad SMARTS) is 1. The molecule has 0 aromatic heterocycles. The minimum absolute atomic E-state index is 0.0423. The molecule has 1 aromatic carbocycles. The first kappa shape index (κ1) is 14.3. The maximum absolute atomic E-state index is 12.6. The third-order valence-electron chi connectivity index (χ3n) is 2.22. The standard InChI is InChI=1S/C11H13F3N2O2/c12-11(13,14)8-3-1-2-4-9(8)16-6-7(15)5-10(17)18/h1-4,7,16H,5-6,15H2,(H,17,18). The average molecular weight is 262 g/mol. The van der Waals surface area contributed by atoms with Gasteiger partial charge in [0, 0.05) is 18.3 Å². The van der Waals surface area contributed by atoms with Crippen LogP contribution in [-0.4, -0.2) is 23.7 Å². The van der Waals surface area contributed by atoms with Crippen LogP contribution in [0, 0.1) is 0 Å². The summed E-state index contributed by atoms with van der Waals surface area (Å²) in [6.45, 7) is -0.0423. The average Bonchev–Trinajstić information content (AvgIpc) is 2.24. The molecule has 0 radical (unpaired) electrons. The molecule has 0 saturated heterocycles. The summed E-state index contributed by atoms with van der Waals surface area (Å²) in [5.41, 5.74) is 4.55. The Morgan fingerprint density at radius 2 is 2.00 bits per heavy atom. The molecule has 1 unspecified atom stereocenters. The van der Waals surface area contributed by atoms with Crippen molar-refractivity contribution >= 4 is 11.7 Å². The van der Waals surface area contributed by atoms with Gasteiger partial charge in [-0.3, -0.25) is 4.79 Å². The van der Waals surface area contributed by atoms with Crippen LogP contribution in [0.5, 0.6) is 0 Å². The van der Waals surface area contributed by atoms with Crippen molar-refractivity contribution in [3.05, 3.63) is 29.8 Å². The molecule has 0 aliphatic rings. The minimum Gasteiger partial charge on any atom is -0.481 e. The fourth-order valence-electron chi connectivity index (χ4n) is 1.42. The number of nitrogens with one attached hydrogen (secondary N) is 1. The van der Waals surface area contributed by atoms with Crippen molar-refractivity contribution in [3.8, 4) is 0 Å². The molecule has 0 heterocycles. The quantitative estimate of drug-likeness (QED) is 0.757. The second-order valence-electron chi connectivity index (χ2n) is 3.78. The van der Waals surface area contributed by atoms with Gasteiger partial charge in [0.25, 0.3) is 0 Å². The molecule has 1 atom stereocenters. The lowest BCUT2D eigenvalue weighted by molar-refractivity contribution is -0.138. The molecule has 4 nitrogen and oxygen atoms in total. The van der Waals surface area contributed by atoms with Crippen molar-refractivity contribution in [1.82, 2.24) is 0 Å². The van der Waals surface area contributed by atoms with E-state index in [-0.39, 0.29) is 18.7 Å². The first-order valence-corrected chi connectivity index (χ1v) is 5.18. The molecule has 0 amide bonds. The third kappa shape index (κ3) is 4.25. The highest BCUT2D eigenvalue weighted by Gasteiger charge is 2.33. The predicted molar refractivity (Wildman–Crippen MR) is 60.2 cm³/mol. The van der Waals surface area contributed by atoms with Gasteiger partial charge in [-0.2, -0.15) is 13.2 Å². The molecular weight excluding hydrogens is 249 g/mol. The fraction of sp³-hybridized carbons (Fsp3) is 0.364. The van der Waals surface area contributed by atoms with Gasteiger partial charge in [0.2, 0.25) is 0 Å². The Bertz CT molecular complexity index is 421. The smallest absolute Gasteiger partial charge is 0.418 e. The number of hydrogen-bond acceptors (Lipinski definition) is 3. The molecule has 0 saturated carbocycles. The van der Waals surface area contributed by atoms with E-state index in [1.807, 2.05) is 0 Å². The van der Waals surface area contributed by atoms with E-state index in [2.05, 4.69) is 5.32 Å². The van der Waals surface area contributed by atoms with Crippen molar-refractivity contribution in [2.45, 2.75) is 18.6 Å². The molecule has 100 valence electrons. The zero-order valence-corrected chi connectivity index (χ0v) is 9.37. The van der Waals surface area contributed by atoms with E-state index >= 15 is 0 Å². The predicted octanol–water partition coefficient (Wildman–Crippen LogP) is 1.92. The molecule has 0 fully saturated rings. The number of anilines is 1. The summed E-state index contributed by atoms with van der Waals surface area (Å²) in [6, 6.07) is 4.22. The number of rotatable bonds is 5. The summed E-state index contributed by atoms with van der Waals surface area (Å²) in [7, 11) is 0. The second kappa shape index (κ2) is 5.72. The van der Waals surface area contributed by atoms with Gasteiger partial charge < -0.3 is 16.2 Å². The van der Waals surface area contributed by atoms with Gasteiger partial charge in [0.15, 0.2) is 0 Å². The molecule has 1 rings (SSSR count). The molecule has 0 bridgehead atoms. The van der Waals surface area contributed by atoms with Crippen LogP contribution >= 0.6 is 0 Å². The van der Waals surface area contributed by atoms with Gasteiger partial charge in [-0.25, -0.2) is 0 Å². The largest absolute Gasteiger partial charge is 0.481 e. The number of hydrogen-bond donors (Lipinski definition) is 3. The van der Waals surface area contributed by atoms with E-state index < -0.39 is 23.8 Å². The summed E-state index contributed by atoms with van der Waals surface area (Å²) < 4.78 is 37.9. The summed E-state index contributed by atoms with van der Waals surface area (Å²) in [4.78, 5) is 10.4. The van der Waals surface area contributed by atoms with Crippen LogP contribution in [0.15, 0.2) is 24.3 Å². The van der Waals surface area contributed by atoms with Gasteiger partial charge in [0.05, 0.1) is 12.0 Å². The van der Waals surface area contributed by atoms with E-state index in [0.29, 0.717) is 0 Å². The zero-order chi connectivity index (χ0) is 13.8. The molecule has 0 aliphatic heterocycles. The first-order valence-electron chi connectivity index (χ1n) is 5.18. The first-order chi connectivity index (χ1) is 8.30. The SMILES string of the molecule is NC(CNc1ccccc1C(F)(F)F)CC(=O)O. The summed E-state index contributed by atoms with van der Waals surface area (Å²) >= 11 is 0. The Morgan fingerprint density at radius 3 is 2.56 bits per heavy atom.